The average molecular weight is 660 g/mol. The molecule has 0 saturated carbocycles. The van der Waals surface area contributed by atoms with Crippen LogP contribution in [-0.2, 0) is 32.7 Å². The lowest BCUT2D eigenvalue weighted by Gasteiger charge is -2.19. The van der Waals surface area contributed by atoms with Crippen molar-refractivity contribution in [3.05, 3.63) is 24.3 Å². The van der Waals surface area contributed by atoms with E-state index >= 15 is 0 Å². The van der Waals surface area contributed by atoms with Gasteiger partial charge in [0, 0.05) is 19.4 Å². The molecule has 0 aromatic rings. The van der Waals surface area contributed by atoms with E-state index in [9.17, 15) is 19.0 Å². The first-order chi connectivity index (χ1) is 21.8. The molecule has 0 saturated heterocycles. The fourth-order valence-electron chi connectivity index (χ4n) is 4.67. The highest BCUT2D eigenvalue weighted by atomic mass is 31.2. The summed E-state index contributed by atoms with van der Waals surface area (Å²) in [6.07, 6.45) is 31.0. The Morgan fingerprint density at radius 1 is 0.667 bits per heavy atom. The molecule has 0 bridgehead atoms. The zero-order valence-electron chi connectivity index (χ0n) is 28.6. The SMILES string of the molecule is CCCCCCCCCCC/C=C/C/C=C/CCCC(=O)O[C@H](COC(=O)CCCCCCCCC)COP(=O)(O)OCCN. The summed E-state index contributed by atoms with van der Waals surface area (Å²) in [6.45, 7) is 3.61. The Morgan fingerprint density at radius 3 is 1.76 bits per heavy atom. The zero-order valence-corrected chi connectivity index (χ0v) is 29.5. The molecule has 0 aliphatic rings. The minimum absolute atomic E-state index is 0.0482. The van der Waals surface area contributed by atoms with E-state index in [-0.39, 0.29) is 32.6 Å². The number of phosphoric acid groups is 1. The molecule has 0 fully saturated rings. The maximum atomic E-state index is 12.4. The number of unbranched alkanes of at least 4 members (excludes halogenated alkanes) is 16. The Kier molecular flexibility index (Phi) is 31.3. The van der Waals surface area contributed by atoms with Gasteiger partial charge < -0.3 is 20.1 Å². The standard InChI is InChI=1S/C35H66NO8P/c1-3-5-7-9-11-12-13-14-15-16-17-18-19-20-22-24-26-28-35(38)44-33(32-43-45(39,40)42-30-29-36)31-41-34(37)27-25-23-21-10-8-6-4-2/h17-18,20,22,33H,3-16,19,21,23-32,36H2,1-2H3,(H,39,40)/b18-17+,22-20+/t33-/m1/s1. The lowest BCUT2D eigenvalue weighted by Crippen LogP contribution is -2.29. The van der Waals surface area contributed by atoms with Crippen molar-refractivity contribution in [2.75, 3.05) is 26.4 Å². The molecule has 0 heterocycles. The first kappa shape index (κ1) is 43.5. The van der Waals surface area contributed by atoms with Gasteiger partial charge in [0.15, 0.2) is 6.10 Å². The summed E-state index contributed by atoms with van der Waals surface area (Å²) in [7, 11) is -4.37. The van der Waals surface area contributed by atoms with Gasteiger partial charge in [-0.15, -0.1) is 0 Å². The maximum absolute atomic E-state index is 12.4. The number of allylic oxidation sites excluding steroid dienone is 4. The van der Waals surface area contributed by atoms with Gasteiger partial charge in [-0.25, -0.2) is 4.57 Å². The summed E-state index contributed by atoms with van der Waals surface area (Å²) in [5, 5.41) is 0. The van der Waals surface area contributed by atoms with Crippen LogP contribution in [-0.4, -0.2) is 49.3 Å². The molecule has 0 amide bonds. The minimum Gasteiger partial charge on any atom is -0.462 e. The van der Waals surface area contributed by atoms with E-state index in [1.54, 1.807) is 0 Å². The largest absolute Gasteiger partial charge is 0.472 e. The van der Waals surface area contributed by atoms with Gasteiger partial charge in [-0.1, -0.05) is 128 Å². The smallest absolute Gasteiger partial charge is 0.462 e. The van der Waals surface area contributed by atoms with E-state index in [2.05, 4.69) is 38.2 Å². The van der Waals surface area contributed by atoms with Crippen molar-refractivity contribution in [2.45, 2.75) is 161 Å². The third-order valence-electron chi connectivity index (χ3n) is 7.34. The van der Waals surface area contributed by atoms with Crippen molar-refractivity contribution in [1.29, 1.82) is 0 Å². The van der Waals surface area contributed by atoms with Gasteiger partial charge in [0.25, 0.3) is 0 Å². The number of ether oxygens (including phenoxy) is 2. The summed E-state index contributed by atoms with van der Waals surface area (Å²) in [5.41, 5.74) is 5.31. The molecular weight excluding hydrogens is 593 g/mol. The van der Waals surface area contributed by atoms with E-state index in [0.717, 1.165) is 44.9 Å². The Hall–Kier alpha value is -1.51. The second-order valence-corrected chi connectivity index (χ2v) is 13.2. The van der Waals surface area contributed by atoms with Crippen LogP contribution in [0.15, 0.2) is 24.3 Å². The molecule has 0 rings (SSSR count). The van der Waals surface area contributed by atoms with Crippen LogP contribution >= 0.6 is 7.82 Å². The van der Waals surface area contributed by atoms with Crippen LogP contribution in [0.5, 0.6) is 0 Å². The summed E-state index contributed by atoms with van der Waals surface area (Å²) in [6, 6.07) is 0. The fourth-order valence-corrected chi connectivity index (χ4v) is 5.44. The van der Waals surface area contributed by atoms with Gasteiger partial charge in [0.1, 0.15) is 6.61 Å². The highest BCUT2D eigenvalue weighted by molar-refractivity contribution is 7.47. The number of rotatable bonds is 33. The number of hydrogen-bond donors (Lipinski definition) is 2. The lowest BCUT2D eigenvalue weighted by molar-refractivity contribution is -0.161. The second kappa shape index (κ2) is 32.4. The predicted octanol–water partition coefficient (Wildman–Crippen LogP) is 9.27. The number of carbonyl (C=O) groups excluding carboxylic acids is 2. The van der Waals surface area contributed by atoms with Gasteiger partial charge >= 0.3 is 19.8 Å². The molecule has 0 aliphatic carbocycles. The maximum Gasteiger partial charge on any atom is 0.472 e. The third-order valence-corrected chi connectivity index (χ3v) is 8.32. The van der Waals surface area contributed by atoms with Crippen LogP contribution in [0.2, 0.25) is 0 Å². The molecule has 2 atom stereocenters. The topological polar surface area (TPSA) is 134 Å². The van der Waals surface area contributed by atoms with Crippen LogP contribution in [0.25, 0.3) is 0 Å². The Bertz CT molecular complexity index is 805. The molecule has 45 heavy (non-hydrogen) atoms. The van der Waals surface area contributed by atoms with Crippen LogP contribution < -0.4 is 5.73 Å². The first-order valence-corrected chi connectivity index (χ1v) is 19.3. The van der Waals surface area contributed by atoms with Crippen molar-refractivity contribution >= 4 is 19.8 Å². The minimum atomic E-state index is -4.37. The third kappa shape index (κ3) is 32.2. The molecule has 0 aromatic heterocycles. The quantitative estimate of drug-likeness (QED) is 0.0306. The number of phosphoric ester groups is 1. The number of hydrogen-bond acceptors (Lipinski definition) is 8. The molecule has 264 valence electrons. The van der Waals surface area contributed by atoms with Crippen LogP contribution in [0, 0.1) is 0 Å². The molecule has 9 nitrogen and oxygen atoms in total. The first-order valence-electron chi connectivity index (χ1n) is 17.8. The zero-order chi connectivity index (χ0) is 33.3. The summed E-state index contributed by atoms with van der Waals surface area (Å²) in [5.74, 6) is -0.889. The highest BCUT2D eigenvalue weighted by Gasteiger charge is 2.25. The Balaban J connectivity index is 4.27. The molecule has 3 N–H and O–H groups in total. The molecule has 0 aromatic carbocycles. The second-order valence-electron chi connectivity index (χ2n) is 11.7. The van der Waals surface area contributed by atoms with E-state index in [4.69, 9.17) is 24.3 Å². The van der Waals surface area contributed by atoms with Gasteiger partial charge in [-0.3, -0.25) is 18.6 Å². The van der Waals surface area contributed by atoms with Crippen molar-refractivity contribution < 1.29 is 37.6 Å². The summed E-state index contributed by atoms with van der Waals surface area (Å²) < 4.78 is 32.4. The van der Waals surface area contributed by atoms with Crippen LogP contribution in [0.3, 0.4) is 0 Å². The van der Waals surface area contributed by atoms with Crippen molar-refractivity contribution in [3.63, 3.8) is 0 Å². The van der Waals surface area contributed by atoms with Gasteiger partial charge in [-0.05, 0) is 38.5 Å². The summed E-state index contributed by atoms with van der Waals surface area (Å²) >= 11 is 0. The van der Waals surface area contributed by atoms with Crippen molar-refractivity contribution in [1.82, 2.24) is 0 Å². The normalized spacial score (nSPS) is 13.8. The molecule has 10 heteroatoms. The van der Waals surface area contributed by atoms with E-state index in [0.29, 0.717) is 6.42 Å². The van der Waals surface area contributed by atoms with Gasteiger partial charge in [0.05, 0.1) is 13.2 Å². The Morgan fingerprint density at radius 2 is 1.18 bits per heavy atom. The predicted molar refractivity (Wildman–Crippen MR) is 183 cm³/mol. The molecule has 1 unspecified atom stereocenters. The highest BCUT2D eigenvalue weighted by Crippen LogP contribution is 2.43. The molecular formula is C35H66NO8P. The van der Waals surface area contributed by atoms with Crippen LogP contribution in [0.4, 0.5) is 0 Å². The molecule has 0 aliphatic heterocycles. The van der Waals surface area contributed by atoms with Gasteiger partial charge in [-0.2, -0.15) is 0 Å². The number of carbonyl (C=O) groups is 2. The van der Waals surface area contributed by atoms with Gasteiger partial charge in [0.2, 0.25) is 0 Å². The lowest BCUT2D eigenvalue weighted by atomic mass is 10.1. The number of esters is 2. The van der Waals surface area contributed by atoms with E-state index in [1.165, 1.54) is 77.0 Å². The van der Waals surface area contributed by atoms with Crippen molar-refractivity contribution in [2.24, 2.45) is 5.73 Å². The molecule has 0 radical (unpaired) electrons. The monoisotopic (exact) mass is 659 g/mol. The average Bonchev–Trinajstić information content (AvgIpc) is 3.02. The molecule has 0 spiro atoms. The van der Waals surface area contributed by atoms with Crippen LogP contribution in [0.1, 0.15) is 155 Å². The Labute approximate surface area is 274 Å². The fraction of sp³-hybridized carbons (Fsp3) is 0.829. The number of nitrogens with two attached hydrogens (primary N) is 1. The van der Waals surface area contributed by atoms with E-state index < -0.39 is 32.5 Å². The van der Waals surface area contributed by atoms with Crippen molar-refractivity contribution in [3.8, 4) is 0 Å². The van der Waals surface area contributed by atoms with E-state index in [1.807, 2.05) is 0 Å². The summed E-state index contributed by atoms with van der Waals surface area (Å²) in [4.78, 5) is 34.4.